The number of hydrogen-bond acceptors (Lipinski definition) is 0. The van der Waals surface area contributed by atoms with Crippen LogP contribution in [-0.2, 0) is 0 Å². The van der Waals surface area contributed by atoms with Crippen LogP contribution >= 0.6 is 7.26 Å². The summed E-state index contributed by atoms with van der Waals surface area (Å²) in [7, 11) is -1.08. The molecule has 0 saturated carbocycles. The van der Waals surface area contributed by atoms with Gasteiger partial charge in [-0.2, -0.15) is 0 Å². The van der Waals surface area contributed by atoms with E-state index in [-0.39, 0.29) is 0 Å². The van der Waals surface area contributed by atoms with E-state index >= 15 is 0 Å². The van der Waals surface area contributed by atoms with Crippen LogP contribution in [0.2, 0.25) is 0 Å². The summed E-state index contributed by atoms with van der Waals surface area (Å²) in [6, 6.07) is 0. The predicted octanol–water partition coefficient (Wildman–Crippen LogP) is 10.0. The second kappa shape index (κ2) is 18.0. The van der Waals surface area contributed by atoms with Gasteiger partial charge >= 0.3 is 188 Å². The summed E-state index contributed by atoms with van der Waals surface area (Å²) in [4.78, 5) is 0. The van der Waals surface area contributed by atoms with Gasteiger partial charge in [0.2, 0.25) is 0 Å². The first-order chi connectivity index (χ1) is 13.7. The van der Waals surface area contributed by atoms with Crippen LogP contribution in [0.15, 0.2) is 0 Å². The summed E-state index contributed by atoms with van der Waals surface area (Å²) >= 11 is 0. The minimum absolute atomic E-state index is 0.884. The molecule has 0 bridgehead atoms. The Morgan fingerprint density at radius 3 is 0.724 bits per heavy atom. The van der Waals surface area contributed by atoms with E-state index in [1.807, 2.05) is 0 Å². The molecule has 0 nitrogen and oxygen atoms in total. The van der Waals surface area contributed by atoms with E-state index in [1.165, 1.54) is 77.0 Å². The summed E-state index contributed by atoms with van der Waals surface area (Å²) in [6.45, 7) is 19.2. The molecule has 178 valence electrons. The fraction of sp³-hybridized carbons (Fsp3) is 1.00. The summed E-state index contributed by atoms with van der Waals surface area (Å²) in [5.41, 5.74) is 0. The van der Waals surface area contributed by atoms with E-state index in [0.717, 1.165) is 23.7 Å². The third kappa shape index (κ3) is 18.9. The second-order valence-electron chi connectivity index (χ2n) is 12.1. The third-order valence-electron chi connectivity index (χ3n) is 6.95. The molecule has 0 heterocycles. The monoisotopic (exact) mass is 428 g/mol. The standard InChI is InChI=1S/C28H61P/c1-25(2)17-9-13-21-29(22-14-10-18-26(3)4,23-15-11-19-27(5)6)24-16-12-20-28(7)8/h25-29H,9-24H2,1-8H3. The minimum atomic E-state index is -1.08. The first-order valence-electron chi connectivity index (χ1n) is 13.7. The molecule has 1 heteroatoms. The first-order valence-corrected chi connectivity index (χ1v) is 16.5. The summed E-state index contributed by atoms with van der Waals surface area (Å²) in [5, 5.41) is 0. The van der Waals surface area contributed by atoms with Crippen LogP contribution in [0.1, 0.15) is 132 Å². The van der Waals surface area contributed by atoms with E-state index in [9.17, 15) is 0 Å². The van der Waals surface area contributed by atoms with Gasteiger partial charge in [0, 0.05) is 0 Å². The van der Waals surface area contributed by atoms with Crippen molar-refractivity contribution in [3.8, 4) is 0 Å². The van der Waals surface area contributed by atoms with Crippen molar-refractivity contribution in [1.82, 2.24) is 0 Å². The quantitative estimate of drug-likeness (QED) is 0.134. The molecule has 0 fully saturated rings. The van der Waals surface area contributed by atoms with Crippen LogP contribution in [0, 0.1) is 23.7 Å². The van der Waals surface area contributed by atoms with Crippen molar-refractivity contribution in [3.05, 3.63) is 0 Å². The maximum atomic E-state index is 2.40. The predicted molar refractivity (Wildman–Crippen MR) is 143 cm³/mol. The van der Waals surface area contributed by atoms with Crippen LogP contribution < -0.4 is 0 Å². The van der Waals surface area contributed by atoms with E-state index < -0.39 is 7.26 Å². The molecular formula is C28H61P. The van der Waals surface area contributed by atoms with Gasteiger partial charge in [-0.25, -0.2) is 0 Å². The second-order valence-corrected chi connectivity index (χ2v) is 17.1. The molecule has 0 N–H and O–H groups in total. The summed E-state index contributed by atoms with van der Waals surface area (Å²) in [6.07, 6.45) is 24.4. The molecule has 0 aromatic carbocycles. The molecule has 0 saturated heterocycles. The zero-order valence-electron chi connectivity index (χ0n) is 22.1. The number of unbranched alkanes of at least 4 members (excludes halogenated alkanes) is 4. The topological polar surface area (TPSA) is 0 Å². The Balaban J connectivity index is 4.86. The molecule has 0 spiro atoms. The average Bonchev–Trinajstić information content (AvgIpc) is 2.62. The normalized spacial score (nSPS) is 13.4. The van der Waals surface area contributed by atoms with Gasteiger partial charge < -0.3 is 0 Å². The third-order valence-corrected chi connectivity index (χ3v) is 12.6. The van der Waals surface area contributed by atoms with Gasteiger partial charge in [0.15, 0.2) is 0 Å². The Labute approximate surface area is 188 Å². The van der Waals surface area contributed by atoms with Crippen molar-refractivity contribution in [2.24, 2.45) is 23.7 Å². The van der Waals surface area contributed by atoms with Crippen LogP contribution in [0.4, 0.5) is 0 Å². The van der Waals surface area contributed by atoms with Gasteiger partial charge in [-0.15, -0.1) is 0 Å². The Morgan fingerprint density at radius 1 is 0.345 bits per heavy atom. The van der Waals surface area contributed by atoms with E-state index in [1.54, 1.807) is 24.6 Å². The van der Waals surface area contributed by atoms with Crippen molar-refractivity contribution < 1.29 is 0 Å². The Hall–Kier alpha value is 0.430. The van der Waals surface area contributed by atoms with E-state index in [0.29, 0.717) is 0 Å². The zero-order chi connectivity index (χ0) is 22.1. The SMILES string of the molecule is CC(C)CCCC[PH](CCCCC(C)C)(CCCCC(C)C)CCCCC(C)C. The van der Waals surface area contributed by atoms with Gasteiger partial charge in [-0.1, -0.05) is 0 Å². The number of rotatable bonds is 20. The van der Waals surface area contributed by atoms with Gasteiger partial charge in [-0.05, 0) is 0 Å². The molecule has 0 aliphatic heterocycles. The Bertz CT molecular complexity index is 273. The summed E-state index contributed by atoms with van der Waals surface area (Å²) in [5.74, 6) is 3.53. The molecule has 0 aromatic rings. The number of hydrogen-bond donors (Lipinski definition) is 0. The molecule has 0 unspecified atom stereocenters. The van der Waals surface area contributed by atoms with Gasteiger partial charge in [0.25, 0.3) is 0 Å². The molecule has 29 heavy (non-hydrogen) atoms. The molecular weight excluding hydrogens is 367 g/mol. The van der Waals surface area contributed by atoms with E-state index in [4.69, 9.17) is 0 Å². The first kappa shape index (κ1) is 29.4. The molecule has 0 aliphatic carbocycles. The molecule has 0 radical (unpaired) electrons. The summed E-state index contributed by atoms with van der Waals surface area (Å²) < 4.78 is 0. The van der Waals surface area contributed by atoms with Crippen LogP contribution in [0.5, 0.6) is 0 Å². The molecule has 0 rings (SSSR count). The zero-order valence-corrected chi connectivity index (χ0v) is 23.1. The fourth-order valence-corrected chi connectivity index (χ4v) is 10.5. The molecule has 0 aliphatic rings. The fourth-order valence-electron chi connectivity index (χ4n) is 4.96. The van der Waals surface area contributed by atoms with Gasteiger partial charge in [0.05, 0.1) is 0 Å². The van der Waals surface area contributed by atoms with Crippen molar-refractivity contribution in [3.63, 3.8) is 0 Å². The van der Waals surface area contributed by atoms with Gasteiger partial charge in [0.1, 0.15) is 0 Å². The average molecular weight is 429 g/mol. The van der Waals surface area contributed by atoms with Crippen LogP contribution in [0.3, 0.4) is 0 Å². The van der Waals surface area contributed by atoms with Crippen molar-refractivity contribution in [1.29, 1.82) is 0 Å². The van der Waals surface area contributed by atoms with Crippen molar-refractivity contribution >= 4 is 7.26 Å². The maximum absolute atomic E-state index is 2.40. The van der Waals surface area contributed by atoms with Crippen LogP contribution in [-0.4, -0.2) is 24.6 Å². The molecule has 0 atom stereocenters. The van der Waals surface area contributed by atoms with Crippen molar-refractivity contribution in [2.45, 2.75) is 132 Å². The Kier molecular flexibility index (Phi) is 18.3. The van der Waals surface area contributed by atoms with Crippen molar-refractivity contribution in [2.75, 3.05) is 24.6 Å². The van der Waals surface area contributed by atoms with Crippen LogP contribution in [0.25, 0.3) is 0 Å². The molecule has 0 aromatic heterocycles. The van der Waals surface area contributed by atoms with E-state index in [2.05, 4.69) is 55.4 Å². The Morgan fingerprint density at radius 2 is 0.552 bits per heavy atom. The van der Waals surface area contributed by atoms with Gasteiger partial charge in [-0.3, -0.25) is 0 Å². The molecule has 0 amide bonds.